The van der Waals surface area contributed by atoms with Crippen molar-refractivity contribution in [2.75, 3.05) is 43.6 Å². The van der Waals surface area contributed by atoms with Gasteiger partial charge in [0.2, 0.25) is 10.0 Å². The van der Waals surface area contributed by atoms with Crippen molar-refractivity contribution in [3.8, 4) is 0 Å². The van der Waals surface area contributed by atoms with E-state index in [-0.39, 0.29) is 46.3 Å². The fourth-order valence-electron chi connectivity index (χ4n) is 2.72. The molecule has 2 aromatic rings. The van der Waals surface area contributed by atoms with Gasteiger partial charge in [0.15, 0.2) is 0 Å². The Morgan fingerprint density at radius 1 is 1.00 bits per heavy atom. The van der Waals surface area contributed by atoms with E-state index in [2.05, 4.69) is 15.0 Å². The molecule has 2 rings (SSSR count). The fraction of sp³-hybridized carbons (Fsp3) is 0.368. The maximum absolute atomic E-state index is 12.3. The van der Waals surface area contributed by atoms with Crippen LogP contribution >= 0.6 is 34.8 Å². The zero-order chi connectivity index (χ0) is 23.0. The summed E-state index contributed by atoms with van der Waals surface area (Å²) in [6, 6.07) is 7.97. The molecule has 0 aromatic heterocycles. The van der Waals surface area contributed by atoms with Gasteiger partial charge in [-0.25, -0.2) is 13.1 Å². The Labute approximate surface area is 196 Å². The van der Waals surface area contributed by atoms with Crippen LogP contribution in [0, 0.1) is 6.92 Å². The van der Waals surface area contributed by atoms with Crippen molar-refractivity contribution in [2.45, 2.75) is 11.8 Å². The first-order valence-electron chi connectivity index (χ1n) is 9.27. The lowest BCUT2D eigenvalue weighted by Crippen LogP contribution is -2.29. The van der Waals surface area contributed by atoms with Gasteiger partial charge in [-0.3, -0.25) is 0 Å². The van der Waals surface area contributed by atoms with E-state index < -0.39 is 10.0 Å². The normalized spacial score (nSPS) is 11.9. The molecule has 170 valence electrons. The van der Waals surface area contributed by atoms with Crippen LogP contribution in [0.1, 0.15) is 5.56 Å². The maximum Gasteiger partial charge on any atom is 0.242 e. The van der Waals surface area contributed by atoms with Gasteiger partial charge in [-0.05, 0) is 42.8 Å². The lowest BCUT2D eigenvalue weighted by atomic mass is 10.1. The van der Waals surface area contributed by atoms with Gasteiger partial charge in [0.25, 0.3) is 0 Å². The number of aliphatic hydroxyl groups is 2. The van der Waals surface area contributed by atoms with Crippen LogP contribution in [0.4, 0.5) is 17.1 Å². The van der Waals surface area contributed by atoms with Crippen LogP contribution in [0.25, 0.3) is 0 Å². The highest BCUT2D eigenvalue weighted by Crippen LogP contribution is 2.35. The number of sulfonamides is 1. The zero-order valence-corrected chi connectivity index (χ0v) is 19.8. The minimum atomic E-state index is -3.85. The first-order chi connectivity index (χ1) is 14.7. The van der Waals surface area contributed by atoms with E-state index in [0.717, 1.165) is 11.3 Å². The Bertz CT molecular complexity index is 1030. The van der Waals surface area contributed by atoms with Gasteiger partial charge >= 0.3 is 0 Å². The molecule has 0 saturated carbocycles. The van der Waals surface area contributed by atoms with Crippen LogP contribution in [0.15, 0.2) is 45.5 Å². The molecule has 8 nitrogen and oxygen atoms in total. The molecule has 0 fully saturated rings. The number of azo groups is 1. The summed E-state index contributed by atoms with van der Waals surface area (Å²) in [7, 11) is -3.85. The second kappa shape index (κ2) is 12.0. The summed E-state index contributed by atoms with van der Waals surface area (Å²) in [5.74, 6) is 0.118. The number of nitrogens with one attached hydrogen (secondary N) is 1. The van der Waals surface area contributed by atoms with E-state index in [9.17, 15) is 18.6 Å². The number of anilines is 1. The Kier molecular flexibility index (Phi) is 9.95. The van der Waals surface area contributed by atoms with E-state index in [1.165, 1.54) is 12.1 Å². The van der Waals surface area contributed by atoms with E-state index in [1.807, 2.05) is 17.9 Å². The number of rotatable bonds is 11. The highest BCUT2D eigenvalue weighted by Gasteiger charge is 2.20. The molecule has 2 aromatic carbocycles. The van der Waals surface area contributed by atoms with Gasteiger partial charge in [0.1, 0.15) is 10.6 Å². The van der Waals surface area contributed by atoms with Crippen molar-refractivity contribution in [2.24, 2.45) is 10.2 Å². The molecule has 0 amide bonds. The van der Waals surface area contributed by atoms with Gasteiger partial charge in [-0.2, -0.15) is 5.11 Å². The van der Waals surface area contributed by atoms with Crippen molar-refractivity contribution >= 4 is 61.9 Å². The summed E-state index contributed by atoms with van der Waals surface area (Å²) in [6.07, 6.45) is 0. The molecule has 0 bridgehead atoms. The number of hydrogen-bond donors (Lipinski definition) is 3. The van der Waals surface area contributed by atoms with Crippen molar-refractivity contribution in [1.29, 1.82) is 0 Å². The van der Waals surface area contributed by atoms with E-state index in [4.69, 9.17) is 34.8 Å². The van der Waals surface area contributed by atoms with Crippen LogP contribution in [0.2, 0.25) is 10.0 Å². The highest BCUT2D eigenvalue weighted by atomic mass is 35.5. The van der Waals surface area contributed by atoms with Crippen molar-refractivity contribution in [3.63, 3.8) is 0 Å². The molecule has 0 saturated heterocycles. The Balaban J connectivity index is 2.28. The van der Waals surface area contributed by atoms with Crippen LogP contribution in [-0.2, 0) is 10.0 Å². The number of halogens is 3. The molecule has 0 atom stereocenters. The molecule has 0 aliphatic rings. The topological polar surface area (TPSA) is 115 Å². The summed E-state index contributed by atoms with van der Waals surface area (Å²) in [4.78, 5) is 1.68. The number of nitrogens with zero attached hydrogens (tertiary/aromatic N) is 3. The van der Waals surface area contributed by atoms with Gasteiger partial charge in [-0.15, -0.1) is 16.7 Å². The zero-order valence-electron chi connectivity index (χ0n) is 16.7. The molecule has 3 N–H and O–H groups in total. The minimum absolute atomic E-state index is 0.0348. The Hall–Kier alpha value is -1.46. The molecule has 0 aliphatic carbocycles. The second-order valence-electron chi connectivity index (χ2n) is 6.43. The average molecular weight is 510 g/mol. The summed E-state index contributed by atoms with van der Waals surface area (Å²) < 4.78 is 26.9. The van der Waals surface area contributed by atoms with Crippen LogP contribution in [-0.4, -0.2) is 57.4 Å². The molecule has 0 spiro atoms. The largest absolute Gasteiger partial charge is 0.395 e. The predicted octanol–water partition coefficient (Wildman–Crippen LogP) is 4.03. The van der Waals surface area contributed by atoms with Crippen molar-refractivity contribution in [3.05, 3.63) is 45.9 Å². The average Bonchev–Trinajstić information content (AvgIpc) is 2.73. The first kappa shape index (κ1) is 25.8. The number of benzene rings is 2. The Morgan fingerprint density at radius 2 is 1.65 bits per heavy atom. The van der Waals surface area contributed by atoms with Gasteiger partial charge in [0, 0.05) is 31.2 Å². The summed E-state index contributed by atoms with van der Waals surface area (Å²) in [5.41, 5.74) is 2.44. The number of alkyl halides is 1. The lowest BCUT2D eigenvalue weighted by molar-refractivity contribution is 0.281. The SMILES string of the molecule is Cc1cc(N(CCO)CCO)ccc1N=Nc1cc(Cl)c(S(=O)(=O)NCCCl)cc1Cl. The number of hydrogen-bond acceptors (Lipinski definition) is 7. The molecule has 12 heteroatoms. The third-order valence-electron chi connectivity index (χ3n) is 4.23. The summed E-state index contributed by atoms with van der Waals surface area (Å²) in [5, 5.41) is 26.7. The standard InChI is InChI=1S/C19H23Cl3N4O4S/c1-13-10-14(26(6-8-27)7-9-28)2-3-17(13)24-25-18-11-16(22)19(12-15(18)21)31(29,30)23-5-4-20/h2-3,10-12,23,27-28H,4-9H2,1H3. The van der Waals surface area contributed by atoms with E-state index in [0.29, 0.717) is 18.8 Å². The van der Waals surface area contributed by atoms with Gasteiger partial charge < -0.3 is 15.1 Å². The third-order valence-corrected chi connectivity index (χ3v) is 6.65. The van der Waals surface area contributed by atoms with Crippen molar-refractivity contribution < 1.29 is 18.6 Å². The van der Waals surface area contributed by atoms with Gasteiger partial charge in [-0.1, -0.05) is 23.2 Å². The molecular formula is C19H23Cl3N4O4S. The third kappa shape index (κ3) is 7.01. The highest BCUT2D eigenvalue weighted by molar-refractivity contribution is 7.89. The lowest BCUT2D eigenvalue weighted by Gasteiger charge is -2.23. The fourth-order valence-corrected chi connectivity index (χ4v) is 4.77. The minimum Gasteiger partial charge on any atom is -0.395 e. The second-order valence-corrected chi connectivity index (χ2v) is 9.35. The summed E-state index contributed by atoms with van der Waals surface area (Å²) >= 11 is 17.9. The first-order valence-corrected chi connectivity index (χ1v) is 12.0. The smallest absolute Gasteiger partial charge is 0.242 e. The maximum atomic E-state index is 12.3. The van der Waals surface area contributed by atoms with Crippen molar-refractivity contribution in [1.82, 2.24) is 4.72 Å². The molecule has 0 aliphatic heterocycles. The van der Waals surface area contributed by atoms with Crippen LogP contribution in [0.5, 0.6) is 0 Å². The van der Waals surface area contributed by atoms with Gasteiger partial charge in [0.05, 0.1) is 28.9 Å². The predicted molar refractivity (Wildman–Crippen MR) is 124 cm³/mol. The molecule has 0 heterocycles. The molecular weight excluding hydrogens is 487 g/mol. The quantitative estimate of drug-likeness (QED) is 0.313. The monoisotopic (exact) mass is 508 g/mol. The number of aryl methyl sites for hydroxylation is 1. The number of aliphatic hydroxyl groups excluding tert-OH is 2. The molecule has 31 heavy (non-hydrogen) atoms. The molecule has 0 unspecified atom stereocenters. The van der Waals surface area contributed by atoms with Crippen LogP contribution < -0.4 is 9.62 Å². The van der Waals surface area contributed by atoms with E-state index >= 15 is 0 Å². The Morgan fingerprint density at radius 3 is 2.23 bits per heavy atom. The molecule has 0 radical (unpaired) electrons. The summed E-state index contributed by atoms with van der Waals surface area (Å²) in [6.45, 7) is 2.62. The van der Waals surface area contributed by atoms with E-state index in [1.54, 1.807) is 12.1 Å². The van der Waals surface area contributed by atoms with Crippen LogP contribution in [0.3, 0.4) is 0 Å².